The number of nitro groups is 1. The summed E-state index contributed by atoms with van der Waals surface area (Å²) in [6, 6.07) is 3.36. The molecule has 0 bridgehead atoms. The van der Waals surface area contributed by atoms with Crippen LogP contribution in [0.3, 0.4) is 0 Å². The van der Waals surface area contributed by atoms with Crippen LogP contribution in [-0.4, -0.2) is 76.4 Å². The van der Waals surface area contributed by atoms with Crippen LogP contribution in [0.25, 0.3) is 0 Å². The number of nitro benzene ring substituents is 1. The Morgan fingerprint density at radius 1 is 1.17 bits per heavy atom. The van der Waals surface area contributed by atoms with Gasteiger partial charge in [-0.2, -0.15) is 0 Å². The molecule has 0 saturated carbocycles. The van der Waals surface area contributed by atoms with E-state index in [1.54, 1.807) is 22.8 Å². The van der Waals surface area contributed by atoms with E-state index in [2.05, 4.69) is 0 Å². The Morgan fingerprint density at radius 2 is 1.73 bits per heavy atom. The Morgan fingerprint density at radius 3 is 2.23 bits per heavy atom. The zero-order valence-corrected chi connectivity index (χ0v) is 16.8. The van der Waals surface area contributed by atoms with Crippen LogP contribution in [0.2, 0.25) is 0 Å². The molecule has 1 fully saturated rings. The van der Waals surface area contributed by atoms with Crippen molar-refractivity contribution in [1.29, 1.82) is 0 Å². The molecule has 1 aliphatic heterocycles. The molecule has 0 aromatic heterocycles. The number of aryl methyl sites for hydroxylation is 1. The maximum Gasteiger partial charge on any atom is 0.320 e. The predicted molar refractivity (Wildman–Crippen MR) is 106 cm³/mol. The van der Waals surface area contributed by atoms with Crippen molar-refractivity contribution in [2.45, 2.75) is 32.2 Å². The fourth-order valence-electron chi connectivity index (χ4n) is 3.10. The number of carboxylic acid groups (broad SMARTS) is 1. The van der Waals surface area contributed by atoms with E-state index in [4.69, 9.17) is 15.6 Å². The number of benzene rings is 1. The van der Waals surface area contributed by atoms with Gasteiger partial charge in [-0.15, -0.1) is 0 Å². The van der Waals surface area contributed by atoms with Gasteiger partial charge in [0.05, 0.1) is 18.0 Å². The highest BCUT2D eigenvalue weighted by molar-refractivity contribution is 5.79. The van der Waals surface area contributed by atoms with Gasteiger partial charge in [-0.25, -0.2) is 0 Å². The van der Waals surface area contributed by atoms with E-state index >= 15 is 0 Å². The molecule has 3 N–H and O–H groups in total. The van der Waals surface area contributed by atoms with Crippen molar-refractivity contribution in [3.63, 3.8) is 0 Å². The molecule has 1 aromatic rings. The average Bonchev–Trinajstić information content (AvgIpc) is 2.71. The lowest BCUT2D eigenvalue weighted by Gasteiger charge is -2.35. The third kappa shape index (κ3) is 6.41. The van der Waals surface area contributed by atoms with Crippen molar-refractivity contribution >= 4 is 23.5 Å². The number of ether oxygens (including phenoxy) is 1. The van der Waals surface area contributed by atoms with Crippen molar-refractivity contribution in [2.24, 2.45) is 5.73 Å². The molecule has 0 spiro atoms. The fraction of sp³-hybridized carbons (Fsp3) is 0.526. The fourth-order valence-corrected chi connectivity index (χ4v) is 3.10. The van der Waals surface area contributed by atoms with Gasteiger partial charge in [0.25, 0.3) is 5.69 Å². The minimum atomic E-state index is -1.13. The summed E-state index contributed by atoms with van der Waals surface area (Å²) in [5.41, 5.74) is 5.90. The van der Waals surface area contributed by atoms with Crippen LogP contribution in [0.4, 0.5) is 5.69 Å². The number of carboxylic acids is 1. The van der Waals surface area contributed by atoms with Crippen LogP contribution < -0.4 is 10.5 Å². The van der Waals surface area contributed by atoms with Gasteiger partial charge in [0, 0.05) is 44.2 Å². The Hall–Kier alpha value is -3.21. The zero-order valence-electron chi connectivity index (χ0n) is 16.8. The summed E-state index contributed by atoms with van der Waals surface area (Å²) in [7, 11) is 0. The summed E-state index contributed by atoms with van der Waals surface area (Å²) in [6.45, 7) is 3.32. The van der Waals surface area contributed by atoms with Crippen molar-refractivity contribution in [3.8, 4) is 5.75 Å². The molecular weight excluding hydrogens is 396 g/mol. The number of rotatable bonds is 9. The van der Waals surface area contributed by atoms with Crippen molar-refractivity contribution in [1.82, 2.24) is 9.80 Å². The van der Waals surface area contributed by atoms with E-state index in [9.17, 15) is 24.5 Å². The quantitative estimate of drug-likeness (QED) is 0.431. The van der Waals surface area contributed by atoms with E-state index in [0.29, 0.717) is 37.5 Å². The first-order valence-corrected chi connectivity index (χ1v) is 9.61. The number of hydrogen-bond acceptors (Lipinski definition) is 7. The number of nitrogens with zero attached hydrogens (tertiary/aromatic N) is 3. The van der Waals surface area contributed by atoms with Gasteiger partial charge in [-0.05, 0) is 25.5 Å². The minimum Gasteiger partial charge on any atom is -0.493 e. The first-order chi connectivity index (χ1) is 14.2. The summed E-state index contributed by atoms with van der Waals surface area (Å²) in [5.74, 6) is -0.950. The van der Waals surface area contributed by atoms with Gasteiger partial charge in [0.1, 0.15) is 11.8 Å². The van der Waals surface area contributed by atoms with Gasteiger partial charge < -0.3 is 25.4 Å². The molecule has 1 aromatic carbocycles. The number of aliphatic carboxylic acids is 1. The monoisotopic (exact) mass is 422 g/mol. The minimum absolute atomic E-state index is 0.00999. The molecule has 1 saturated heterocycles. The topological polar surface area (TPSA) is 156 Å². The SMILES string of the molecule is Cc1cc(OCCC(=O)N2CCN(C(=O)CC[C@H](N)C(=O)O)CC2)ccc1[N+](=O)[O-]. The van der Waals surface area contributed by atoms with E-state index in [-0.39, 0.29) is 43.4 Å². The number of nitrogens with two attached hydrogens (primary N) is 1. The number of hydrogen-bond donors (Lipinski definition) is 2. The molecular formula is C19H26N4O7. The molecule has 11 nitrogen and oxygen atoms in total. The van der Waals surface area contributed by atoms with Crippen LogP contribution in [0.5, 0.6) is 5.75 Å². The van der Waals surface area contributed by atoms with Crippen molar-refractivity contribution < 1.29 is 29.2 Å². The van der Waals surface area contributed by atoms with Crippen LogP contribution in [0, 0.1) is 17.0 Å². The highest BCUT2D eigenvalue weighted by atomic mass is 16.6. The van der Waals surface area contributed by atoms with E-state index in [0.717, 1.165) is 0 Å². The van der Waals surface area contributed by atoms with Crippen LogP contribution in [0.15, 0.2) is 18.2 Å². The molecule has 0 aliphatic carbocycles. The number of amides is 2. The third-order valence-corrected chi connectivity index (χ3v) is 4.92. The summed E-state index contributed by atoms with van der Waals surface area (Å²) >= 11 is 0. The molecule has 1 atom stereocenters. The molecule has 164 valence electrons. The Labute approximate surface area is 173 Å². The second kappa shape index (κ2) is 10.5. The molecule has 30 heavy (non-hydrogen) atoms. The number of piperazine rings is 1. The van der Waals surface area contributed by atoms with Crippen LogP contribution >= 0.6 is 0 Å². The first kappa shape index (κ1) is 23.1. The molecule has 11 heteroatoms. The largest absolute Gasteiger partial charge is 0.493 e. The Balaban J connectivity index is 1.71. The van der Waals surface area contributed by atoms with Crippen LogP contribution in [-0.2, 0) is 14.4 Å². The summed E-state index contributed by atoms with van der Waals surface area (Å²) in [4.78, 5) is 48.8. The molecule has 1 heterocycles. The van der Waals surface area contributed by atoms with Gasteiger partial charge in [0.2, 0.25) is 11.8 Å². The summed E-state index contributed by atoms with van der Waals surface area (Å²) in [5, 5.41) is 19.6. The first-order valence-electron chi connectivity index (χ1n) is 9.61. The zero-order chi connectivity index (χ0) is 22.3. The van der Waals surface area contributed by atoms with Gasteiger partial charge in [0.15, 0.2) is 0 Å². The lowest BCUT2D eigenvalue weighted by atomic mass is 10.1. The molecule has 2 amide bonds. The Bertz CT molecular complexity index is 806. The number of carbonyl (C=O) groups excluding carboxylic acids is 2. The second-order valence-electron chi connectivity index (χ2n) is 7.05. The Kier molecular flexibility index (Phi) is 8.10. The average molecular weight is 422 g/mol. The highest BCUT2D eigenvalue weighted by Crippen LogP contribution is 2.23. The van der Waals surface area contributed by atoms with Crippen molar-refractivity contribution in [3.05, 3.63) is 33.9 Å². The second-order valence-corrected chi connectivity index (χ2v) is 7.05. The highest BCUT2D eigenvalue weighted by Gasteiger charge is 2.24. The summed E-state index contributed by atoms with van der Waals surface area (Å²) < 4.78 is 5.52. The maximum absolute atomic E-state index is 12.3. The van der Waals surface area contributed by atoms with E-state index < -0.39 is 16.9 Å². The van der Waals surface area contributed by atoms with Gasteiger partial charge >= 0.3 is 5.97 Å². The lowest BCUT2D eigenvalue weighted by Crippen LogP contribution is -2.51. The summed E-state index contributed by atoms with van der Waals surface area (Å²) in [6.07, 6.45) is 0.286. The number of carbonyl (C=O) groups is 3. The smallest absolute Gasteiger partial charge is 0.320 e. The van der Waals surface area contributed by atoms with Gasteiger partial charge in [-0.1, -0.05) is 0 Å². The third-order valence-electron chi connectivity index (χ3n) is 4.92. The maximum atomic E-state index is 12.3. The lowest BCUT2D eigenvalue weighted by molar-refractivity contribution is -0.385. The molecule has 1 aliphatic rings. The van der Waals surface area contributed by atoms with Crippen LogP contribution in [0.1, 0.15) is 24.8 Å². The normalized spacial score (nSPS) is 14.9. The molecule has 2 rings (SSSR count). The van der Waals surface area contributed by atoms with Crippen molar-refractivity contribution in [2.75, 3.05) is 32.8 Å². The molecule has 0 radical (unpaired) electrons. The molecule has 0 unspecified atom stereocenters. The predicted octanol–water partition coefficient (Wildman–Crippen LogP) is 0.535. The standard InChI is InChI=1S/C19H26N4O7/c1-13-12-14(2-4-16(13)23(28)29)30-11-6-18(25)22-9-7-21(8-10-22)17(24)5-3-15(20)19(26)27/h2,4,12,15H,3,5-11,20H2,1H3,(H,26,27)/t15-/m0/s1. The van der Waals surface area contributed by atoms with E-state index in [1.807, 2.05) is 0 Å². The van der Waals surface area contributed by atoms with Gasteiger partial charge in [-0.3, -0.25) is 24.5 Å². The van der Waals surface area contributed by atoms with E-state index in [1.165, 1.54) is 12.1 Å².